The number of nitrogens with one attached hydrogen (secondary N) is 1. The first kappa shape index (κ1) is 7.09. The first-order chi connectivity index (χ1) is 5.81. The summed E-state index contributed by atoms with van der Waals surface area (Å²) < 4.78 is 1.95. The number of imidazole rings is 1. The topological polar surface area (TPSA) is 42.7 Å². The van der Waals surface area contributed by atoms with E-state index in [1.165, 1.54) is 0 Å². The van der Waals surface area contributed by atoms with Gasteiger partial charge in [-0.25, -0.2) is 4.98 Å². The van der Waals surface area contributed by atoms with Gasteiger partial charge in [0.25, 0.3) is 0 Å². The van der Waals surface area contributed by atoms with Crippen LogP contribution in [-0.2, 0) is 7.05 Å². The Balaban J connectivity index is 2.66. The smallest absolute Gasteiger partial charge is 0.225 e. The molecule has 0 bridgehead atoms. The quantitative estimate of drug-likeness (QED) is 0.679. The first-order valence-electron chi connectivity index (χ1n) is 3.78. The van der Waals surface area contributed by atoms with Crippen molar-refractivity contribution in [2.24, 2.45) is 7.05 Å². The lowest BCUT2D eigenvalue weighted by atomic mass is 10.3. The van der Waals surface area contributed by atoms with E-state index < -0.39 is 0 Å². The second kappa shape index (κ2) is 2.48. The van der Waals surface area contributed by atoms with Crippen LogP contribution in [0.1, 0.15) is 0 Å². The van der Waals surface area contributed by atoms with Crippen molar-refractivity contribution in [3.63, 3.8) is 0 Å². The Morgan fingerprint density at radius 3 is 2.92 bits per heavy atom. The van der Waals surface area contributed by atoms with Crippen LogP contribution in [0.25, 0.3) is 11.5 Å². The number of rotatable bonds is 1. The van der Waals surface area contributed by atoms with Gasteiger partial charge in [0.2, 0.25) is 5.95 Å². The molecule has 2 aliphatic heterocycles. The highest BCUT2D eigenvalue weighted by atomic mass is 15.2. The Morgan fingerprint density at radius 2 is 2.25 bits per heavy atom. The second-order valence-corrected chi connectivity index (χ2v) is 2.63. The Kier molecular flexibility index (Phi) is 1.46. The van der Waals surface area contributed by atoms with E-state index in [1.807, 2.05) is 37.0 Å². The highest BCUT2D eigenvalue weighted by Crippen LogP contribution is 2.18. The molecule has 1 N–H and O–H groups in total. The molecule has 0 aromatic heterocycles. The molecule has 0 aliphatic carbocycles. The lowest BCUT2D eigenvalue weighted by Gasteiger charge is -2.00. The molecule has 0 fully saturated rings. The molecule has 2 rings (SSSR count). The number of hydrogen-bond acceptors (Lipinski definition) is 3. The molecule has 2 heterocycles. The van der Waals surface area contributed by atoms with E-state index in [1.54, 1.807) is 0 Å². The van der Waals surface area contributed by atoms with Crippen LogP contribution in [0.5, 0.6) is 0 Å². The molecule has 4 heteroatoms. The molecule has 62 valence electrons. The van der Waals surface area contributed by atoms with Gasteiger partial charge in [-0.3, -0.25) is 0 Å². The summed E-state index contributed by atoms with van der Waals surface area (Å²) in [7, 11) is 3.77. The molecule has 0 saturated carbocycles. The van der Waals surface area contributed by atoms with Crippen LogP contribution in [-0.4, -0.2) is 21.6 Å². The zero-order valence-corrected chi connectivity index (χ0v) is 7.07. The summed E-state index contributed by atoms with van der Waals surface area (Å²) in [5.41, 5.74) is 0.921. The SMILES string of the molecule is CNc1nc2cccn(C)c-2n1. The van der Waals surface area contributed by atoms with Crippen molar-refractivity contribution < 1.29 is 0 Å². The minimum Gasteiger partial charge on any atom is -0.357 e. The number of aromatic nitrogens is 3. The van der Waals surface area contributed by atoms with Crippen LogP contribution in [0.2, 0.25) is 0 Å². The van der Waals surface area contributed by atoms with E-state index in [-0.39, 0.29) is 0 Å². The van der Waals surface area contributed by atoms with Crippen molar-refractivity contribution in [1.82, 2.24) is 14.5 Å². The summed E-state index contributed by atoms with van der Waals surface area (Å²) in [6, 6.07) is 3.90. The number of pyridine rings is 1. The summed E-state index contributed by atoms with van der Waals surface area (Å²) in [5.74, 6) is 1.58. The summed E-state index contributed by atoms with van der Waals surface area (Å²) >= 11 is 0. The molecule has 0 unspecified atom stereocenters. The van der Waals surface area contributed by atoms with Crippen LogP contribution in [0.4, 0.5) is 5.95 Å². The van der Waals surface area contributed by atoms with Crippen LogP contribution in [0.3, 0.4) is 0 Å². The van der Waals surface area contributed by atoms with E-state index in [9.17, 15) is 0 Å². The van der Waals surface area contributed by atoms with Gasteiger partial charge >= 0.3 is 0 Å². The predicted molar refractivity (Wildman–Crippen MR) is 47.2 cm³/mol. The fourth-order valence-electron chi connectivity index (χ4n) is 1.16. The zero-order chi connectivity index (χ0) is 8.55. The molecule has 12 heavy (non-hydrogen) atoms. The number of hydrogen-bond donors (Lipinski definition) is 1. The van der Waals surface area contributed by atoms with Crippen molar-refractivity contribution >= 4 is 5.95 Å². The lowest BCUT2D eigenvalue weighted by molar-refractivity contribution is 0.890. The second-order valence-electron chi connectivity index (χ2n) is 2.63. The van der Waals surface area contributed by atoms with E-state index in [0.717, 1.165) is 11.5 Å². The summed E-state index contributed by atoms with van der Waals surface area (Å²) in [4.78, 5) is 8.52. The maximum Gasteiger partial charge on any atom is 0.225 e. The summed E-state index contributed by atoms with van der Waals surface area (Å²) in [5, 5.41) is 2.91. The largest absolute Gasteiger partial charge is 0.357 e. The number of aryl methyl sites for hydroxylation is 1. The van der Waals surface area contributed by atoms with Gasteiger partial charge in [-0.05, 0) is 12.1 Å². The Bertz CT molecular complexity index is 366. The summed E-state index contributed by atoms with van der Waals surface area (Å²) in [6.45, 7) is 0. The van der Waals surface area contributed by atoms with Crippen molar-refractivity contribution in [3.05, 3.63) is 18.3 Å². The number of fused-ring (bicyclic) bond motifs is 1. The number of nitrogens with zero attached hydrogens (tertiary/aromatic N) is 3. The van der Waals surface area contributed by atoms with Gasteiger partial charge in [0.05, 0.1) is 0 Å². The third-order valence-electron chi connectivity index (χ3n) is 1.79. The van der Waals surface area contributed by atoms with Gasteiger partial charge in [-0.2, -0.15) is 4.98 Å². The van der Waals surface area contributed by atoms with E-state index in [2.05, 4.69) is 15.3 Å². The normalized spacial score (nSPS) is 10.5. The highest BCUT2D eigenvalue weighted by molar-refractivity contribution is 5.56. The summed E-state index contributed by atoms with van der Waals surface area (Å²) in [6.07, 6.45) is 1.95. The van der Waals surface area contributed by atoms with Crippen LogP contribution in [0, 0.1) is 0 Å². The van der Waals surface area contributed by atoms with Crippen LogP contribution >= 0.6 is 0 Å². The fourth-order valence-corrected chi connectivity index (χ4v) is 1.16. The molecular weight excluding hydrogens is 152 g/mol. The monoisotopic (exact) mass is 162 g/mol. The third-order valence-corrected chi connectivity index (χ3v) is 1.79. The molecule has 4 nitrogen and oxygen atoms in total. The zero-order valence-electron chi connectivity index (χ0n) is 7.07. The maximum absolute atomic E-state index is 4.27. The Hall–Kier alpha value is -1.58. The fraction of sp³-hybridized carbons (Fsp3) is 0.250. The minimum atomic E-state index is 0.673. The standard InChI is InChI=1S/C8H10N4/c1-9-8-10-6-4-3-5-12(2)7(6)11-8/h3-5H,1-2H3,(H,9,10). The Morgan fingerprint density at radius 1 is 1.42 bits per heavy atom. The first-order valence-corrected chi connectivity index (χ1v) is 3.78. The van der Waals surface area contributed by atoms with Crippen molar-refractivity contribution in [2.75, 3.05) is 12.4 Å². The lowest BCUT2D eigenvalue weighted by Crippen LogP contribution is -1.95. The molecule has 0 saturated heterocycles. The number of anilines is 1. The molecule has 0 spiro atoms. The molecule has 0 atom stereocenters. The van der Waals surface area contributed by atoms with Gasteiger partial charge in [-0.1, -0.05) is 0 Å². The highest BCUT2D eigenvalue weighted by Gasteiger charge is 2.10. The molecule has 0 aromatic carbocycles. The average Bonchev–Trinajstić information content (AvgIpc) is 2.49. The van der Waals surface area contributed by atoms with Gasteiger partial charge < -0.3 is 9.88 Å². The van der Waals surface area contributed by atoms with E-state index >= 15 is 0 Å². The molecule has 0 amide bonds. The van der Waals surface area contributed by atoms with Crippen LogP contribution in [0.15, 0.2) is 18.3 Å². The molecular formula is C8H10N4. The van der Waals surface area contributed by atoms with Gasteiger partial charge in [0.15, 0.2) is 5.82 Å². The van der Waals surface area contributed by atoms with Gasteiger partial charge in [0.1, 0.15) is 5.69 Å². The van der Waals surface area contributed by atoms with Crippen LogP contribution < -0.4 is 5.32 Å². The molecule has 0 aromatic rings. The minimum absolute atomic E-state index is 0.673. The molecule has 0 radical (unpaired) electrons. The Labute approximate surface area is 70.6 Å². The van der Waals surface area contributed by atoms with Gasteiger partial charge in [-0.15, -0.1) is 0 Å². The average molecular weight is 162 g/mol. The molecule has 2 aliphatic rings. The van der Waals surface area contributed by atoms with E-state index in [0.29, 0.717) is 5.95 Å². The maximum atomic E-state index is 4.27. The predicted octanol–water partition coefficient (Wildman–Crippen LogP) is 0.962. The van der Waals surface area contributed by atoms with Crippen molar-refractivity contribution in [1.29, 1.82) is 0 Å². The third kappa shape index (κ3) is 0.922. The van der Waals surface area contributed by atoms with Crippen molar-refractivity contribution in [2.45, 2.75) is 0 Å². The van der Waals surface area contributed by atoms with Gasteiger partial charge in [0, 0.05) is 20.3 Å². The van der Waals surface area contributed by atoms with E-state index in [4.69, 9.17) is 0 Å². The van der Waals surface area contributed by atoms with Crippen molar-refractivity contribution in [3.8, 4) is 11.5 Å².